The first-order valence-corrected chi connectivity index (χ1v) is 18.4. The Morgan fingerprint density at radius 2 is 0.596 bits per heavy atom. The van der Waals surface area contributed by atoms with E-state index in [1.807, 2.05) is 24.3 Å². The molecule has 12 N–H and O–H groups in total. The van der Waals surface area contributed by atoms with Crippen LogP contribution < -0.4 is 62.8 Å². The Labute approximate surface area is 308 Å². The first-order chi connectivity index (χ1) is 25.6. The summed E-state index contributed by atoms with van der Waals surface area (Å²) in [7, 11) is 0. The fourth-order valence-electron chi connectivity index (χ4n) is 5.38. The molecule has 0 aliphatic heterocycles. The van der Waals surface area contributed by atoms with Gasteiger partial charge in [0.25, 0.3) is 0 Å². The number of ether oxygens (including phenoxy) is 6. The molecule has 0 aromatic heterocycles. The molecule has 12 heteroatoms. The Bertz CT molecular complexity index is 1480. The molecule has 0 saturated carbocycles. The normalized spacial score (nSPS) is 11.1. The van der Waals surface area contributed by atoms with Crippen LogP contribution in [0.3, 0.4) is 0 Å². The van der Waals surface area contributed by atoms with Crippen LogP contribution in [-0.4, -0.2) is 78.9 Å². The van der Waals surface area contributed by atoms with E-state index in [0.717, 1.165) is 33.0 Å². The van der Waals surface area contributed by atoms with Crippen LogP contribution >= 0.6 is 0 Å². The predicted octanol–water partition coefficient (Wildman–Crippen LogP) is 4.54. The molecule has 0 atom stereocenters. The van der Waals surface area contributed by atoms with Gasteiger partial charge in [0.2, 0.25) is 11.5 Å². The van der Waals surface area contributed by atoms with Crippen LogP contribution in [0.4, 0.5) is 0 Å². The monoisotopic (exact) mass is 718 g/mol. The third-order valence-electron chi connectivity index (χ3n) is 8.16. The summed E-state index contributed by atoms with van der Waals surface area (Å²) >= 11 is 0. The van der Waals surface area contributed by atoms with E-state index in [4.69, 9.17) is 62.8 Å². The smallest absolute Gasteiger partial charge is 0.203 e. The Hall–Kier alpha value is -4.30. The van der Waals surface area contributed by atoms with Gasteiger partial charge in [0.15, 0.2) is 23.0 Å². The van der Waals surface area contributed by atoms with Gasteiger partial charge in [-0.05, 0) is 147 Å². The summed E-state index contributed by atoms with van der Waals surface area (Å²) in [4.78, 5) is 0. The van der Waals surface area contributed by atoms with E-state index in [1.54, 1.807) is 0 Å². The molecule has 0 spiro atoms. The number of fused-ring (bicyclic) bond motifs is 1. The van der Waals surface area contributed by atoms with Gasteiger partial charge in [-0.15, -0.1) is 0 Å². The molecule has 4 rings (SSSR count). The Kier molecular flexibility index (Phi) is 17.6. The summed E-state index contributed by atoms with van der Waals surface area (Å²) in [6.07, 6.45) is 4.21. The molecule has 52 heavy (non-hydrogen) atoms. The van der Waals surface area contributed by atoms with Crippen molar-refractivity contribution in [1.82, 2.24) is 0 Å². The first kappa shape index (κ1) is 40.5. The minimum Gasteiger partial charge on any atom is -0.489 e. The van der Waals surface area contributed by atoms with Crippen molar-refractivity contribution in [2.24, 2.45) is 34.4 Å². The first-order valence-electron chi connectivity index (χ1n) is 18.4. The van der Waals surface area contributed by atoms with Crippen molar-refractivity contribution >= 4 is 10.8 Å². The quantitative estimate of drug-likeness (QED) is 0.0494. The standard InChI is InChI=1S/C40H58N6O6/c41-11-1-17-47-35-25-33(26-36(48-18-2-12-42)39(35)51-21-5-15-45)30-9-7-29-8-10-31(24-32(29)23-30)34-27-37(49-19-3-13-43)40(52-22-6-16-46)38(28-34)50-20-4-14-44/h7-10,23-28H,1-6,11-22,41-46H2. The fourth-order valence-corrected chi connectivity index (χ4v) is 5.38. The van der Waals surface area contributed by atoms with Crippen molar-refractivity contribution in [3.63, 3.8) is 0 Å². The number of rotatable bonds is 26. The third-order valence-corrected chi connectivity index (χ3v) is 8.16. The molecule has 0 aliphatic carbocycles. The van der Waals surface area contributed by atoms with E-state index in [2.05, 4.69) is 36.4 Å². The van der Waals surface area contributed by atoms with Crippen LogP contribution in [0.25, 0.3) is 33.0 Å². The van der Waals surface area contributed by atoms with Crippen LogP contribution in [-0.2, 0) is 0 Å². The van der Waals surface area contributed by atoms with Crippen LogP contribution in [0, 0.1) is 0 Å². The SMILES string of the molecule is NCCCOc1cc(-c2ccc3ccc(-c4cc(OCCCN)c(OCCCN)c(OCCCN)c4)cc3c2)cc(OCCCN)c1OCCCN. The van der Waals surface area contributed by atoms with Gasteiger partial charge in [-0.1, -0.05) is 24.3 Å². The van der Waals surface area contributed by atoms with Crippen molar-refractivity contribution in [2.75, 3.05) is 78.9 Å². The van der Waals surface area contributed by atoms with Crippen molar-refractivity contribution < 1.29 is 28.4 Å². The van der Waals surface area contributed by atoms with E-state index < -0.39 is 0 Å². The lowest BCUT2D eigenvalue weighted by Gasteiger charge is -2.19. The van der Waals surface area contributed by atoms with Crippen LogP contribution in [0.2, 0.25) is 0 Å². The highest BCUT2D eigenvalue weighted by molar-refractivity contribution is 5.91. The van der Waals surface area contributed by atoms with Crippen LogP contribution in [0.15, 0.2) is 60.7 Å². The molecule has 0 saturated heterocycles. The maximum absolute atomic E-state index is 6.22. The molecular formula is C40H58N6O6. The molecule has 0 aliphatic rings. The van der Waals surface area contributed by atoms with Gasteiger partial charge in [0, 0.05) is 0 Å². The van der Waals surface area contributed by atoms with Crippen molar-refractivity contribution in [1.29, 1.82) is 0 Å². The number of nitrogens with two attached hydrogens (primary N) is 6. The Balaban J connectivity index is 1.78. The molecular weight excluding hydrogens is 660 g/mol. The zero-order valence-electron chi connectivity index (χ0n) is 30.4. The number of hydrogen-bond donors (Lipinski definition) is 6. The molecule has 0 fully saturated rings. The minimum atomic E-state index is 0.440. The lowest BCUT2D eigenvalue weighted by atomic mass is 9.97. The molecule has 284 valence electrons. The molecule has 0 heterocycles. The van der Waals surface area contributed by atoms with Gasteiger partial charge in [-0.25, -0.2) is 0 Å². The lowest BCUT2D eigenvalue weighted by molar-refractivity contribution is 0.240. The Morgan fingerprint density at radius 1 is 0.308 bits per heavy atom. The zero-order chi connectivity index (χ0) is 37.0. The maximum Gasteiger partial charge on any atom is 0.203 e. The molecule has 0 radical (unpaired) electrons. The highest BCUT2D eigenvalue weighted by Gasteiger charge is 2.19. The van der Waals surface area contributed by atoms with Gasteiger partial charge in [-0.3, -0.25) is 0 Å². The molecule has 0 bridgehead atoms. The van der Waals surface area contributed by atoms with Crippen molar-refractivity contribution in [2.45, 2.75) is 38.5 Å². The summed E-state index contributed by atoms with van der Waals surface area (Å²) in [6, 6.07) is 20.7. The average molecular weight is 719 g/mol. The second-order valence-electron chi connectivity index (χ2n) is 12.3. The van der Waals surface area contributed by atoms with Gasteiger partial charge < -0.3 is 62.8 Å². The van der Waals surface area contributed by atoms with Gasteiger partial charge in [0.1, 0.15) is 0 Å². The minimum absolute atomic E-state index is 0.440. The summed E-state index contributed by atoms with van der Waals surface area (Å²) in [5, 5.41) is 2.14. The highest BCUT2D eigenvalue weighted by atomic mass is 16.5. The largest absolute Gasteiger partial charge is 0.489 e. The van der Waals surface area contributed by atoms with Gasteiger partial charge in [-0.2, -0.15) is 0 Å². The molecule has 0 unspecified atom stereocenters. The Morgan fingerprint density at radius 3 is 0.885 bits per heavy atom. The van der Waals surface area contributed by atoms with Gasteiger partial charge >= 0.3 is 0 Å². The summed E-state index contributed by atoms with van der Waals surface area (Å²) in [5.41, 5.74) is 38.4. The highest BCUT2D eigenvalue weighted by Crippen LogP contribution is 2.44. The van der Waals surface area contributed by atoms with E-state index in [9.17, 15) is 0 Å². The topological polar surface area (TPSA) is 212 Å². The lowest BCUT2D eigenvalue weighted by Crippen LogP contribution is -2.11. The second-order valence-corrected chi connectivity index (χ2v) is 12.3. The van der Waals surface area contributed by atoms with Crippen molar-refractivity contribution in [3.8, 4) is 56.8 Å². The molecule has 12 nitrogen and oxygen atoms in total. The third kappa shape index (κ3) is 11.9. The van der Waals surface area contributed by atoms with E-state index in [1.165, 1.54) is 0 Å². The second kappa shape index (κ2) is 22.6. The number of hydrogen-bond acceptors (Lipinski definition) is 12. The summed E-state index contributed by atoms with van der Waals surface area (Å²) in [5.74, 6) is 3.49. The zero-order valence-corrected chi connectivity index (χ0v) is 30.4. The van der Waals surface area contributed by atoms with Crippen LogP contribution in [0.1, 0.15) is 38.5 Å². The van der Waals surface area contributed by atoms with Crippen molar-refractivity contribution in [3.05, 3.63) is 60.7 Å². The van der Waals surface area contributed by atoms with E-state index in [0.29, 0.717) is 152 Å². The van der Waals surface area contributed by atoms with E-state index in [-0.39, 0.29) is 0 Å². The summed E-state index contributed by atoms with van der Waals surface area (Å²) in [6.45, 7) is 5.77. The van der Waals surface area contributed by atoms with Crippen LogP contribution in [0.5, 0.6) is 34.5 Å². The molecule has 0 amide bonds. The molecule has 4 aromatic carbocycles. The maximum atomic E-state index is 6.22. The van der Waals surface area contributed by atoms with E-state index >= 15 is 0 Å². The average Bonchev–Trinajstić information content (AvgIpc) is 3.16. The molecule has 4 aromatic rings. The summed E-state index contributed by atoms with van der Waals surface area (Å²) < 4.78 is 37.2. The number of benzene rings is 4. The van der Waals surface area contributed by atoms with Gasteiger partial charge in [0.05, 0.1) is 39.6 Å². The predicted molar refractivity (Wildman–Crippen MR) is 210 cm³/mol. The fraction of sp³-hybridized carbons (Fsp3) is 0.450.